The van der Waals surface area contributed by atoms with Gasteiger partial charge in [-0.3, -0.25) is 15.0 Å². The molecule has 0 saturated carbocycles. The van der Waals surface area contributed by atoms with Crippen molar-refractivity contribution < 1.29 is 4.79 Å². The minimum atomic E-state index is -0.211. The second-order valence-corrected chi connectivity index (χ2v) is 9.25. The average Bonchev–Trinajstić information content (AvgIpc) is 2.81. The minimum absolute atomic E-state index is 0.211. The van der Waals surface area contributed by atoms with Gasteiger partial charge in [-0.05, 0) is 76.8 Å². The van der Waals surface area contributed by atoms with Crippen LogP contribution in [0.1, 0.15) is 15.9 Å². The number of anilines is 2. The molecule has 1 aliphatic rings. The van der Waals surface area contributed by atoms with Crippen molar-refractivity contribution >= 4 is 57.2 Å². The lowest BCUT2D eigenvalue weighted by molar-refractivity contribution is 0.0977. The zero-order valence-corrected chi connectivity index (χ0v) is 20.6. The maximum atomic E-state index is 12.4. The number of carbonyl (C=O) groups excluding carboxylic acids is 1. The number of thiocarbonyl (C=S) groups is 1. The highest BCUT2D eigenvalue weighted by atomic mass is 127. The predicted molar refractivity (Wildman–Crippen MR) is 143 cm³/mol. The summed E-state index contributed by atoms with van der Waals surface area (Å²) in [4.78, 5) is 17.3. The summed E-state index contributed by atoms with van der Waals surface area (Å²) in [7, 11) is 0. The third kappa shape index (κ3) is 6.05. The molecule has 164 valence electrons. The third-order valence-electron chi connectivity index (χ3n) is 5.46. The Kier molecular flexibility index (Phi) is 7.72. The molecule has 1 saturated heterocycles. The van der Waals surface area contributed by atoms with Crippen LogP contribution in [0.4, 0.5) is 11.4 Å². The standard InChI is InChI=1S/C25H25IN4OS/c26-23-9-5-4-8-22(23)24(31)28-25(32)27-20-10-12-21(13-11-20)30-16-14-29(15-17-30)18-19-6-2-1-3-7-19/h1-13H,14-18H2,(H2,27,28,31,32). The maximum Gasteiger partial charge on any atom is 0.258 e. The normalized spacial score (nSPS) is 14.1. The van der Waals surface area contributed by atoms with Crippen LogP contribution in [0.25, 0.3) is 0 Å². The topological polar surface area (TPSA) is 47.6 Å². The molecule has 0 radical (unpaired) electrons. The zero-order chi connectivity index (χ0) is 22.3. The highest BCUT2D eigenvalue weighted by Gasteiger charge is 2.17. The van der Waals surface area contributed by atoms with Crippen molar-refractivity contribution in [3.8, 4) is 0 Å². The van der Waals surface area contributed by atoms with Crippen LogP contribution in [0.3, 0.4) is 0 Å². The Bertz CT molecular complexity index is 1070. The van der Waals surface area contributed by atoms with Gasteiger partial charge in [0.25, 0.3) is 5.91 Å². The van der Waals surface area contributed by atoms with E-state index >= 15 is 0 Å². The second-order valence-electron chi connectivity index (χ2n) is 7.68. The molecule has 0 aromatic heterocycles. The molecule has 0 atom stereocenters. The Hall–Kier alpha value is -2.49. The van der Waals surface area contributed by atoms with Crippen molar-refractivity contribution in [3.05, 3.63) is 93.6 Å². The van der Waals surface area contributed by atoms with Gasteiger partial charge in [0.2, 0.25) is 0 Å². The lowest BCUT2D eigenvalue weighted by atomic mass is 10.2. The summed E-state index contributed by atoms with van der Waals surface area (Å²) >= 11 is 7.46. The molecule has 3 aromatic carbocycles. The number of benzene rings is 3. The number of halogens is 1. The van der Waals surface area contributed by atoms with E-state index in [1.54, 1.807) is 6.07 Å². The highest BCUT2D eigenvalue weighted by molar-refractivity contribution is 14.1. The summed E-state index contributed by atoms with van der Waals surface area (Å²) < 4.78 is 0.888. The van der Waals surface area contributed by atoms with E-state index in [1.807, 2.05) is 30.3 Å². The van der Waals surface area contributed by atoms with Gasteiger partial charge in [0.15, 0.2) is 5.11 Å². The summed E-state index contributed by atoms with van der Waals surface area (Å²) in [5.41, 5.74) is 4.02. The predicted octanol–water partition coefficient (Wildman–Crippen LogP) is 4.74. The van der Waals surface area contributed by atoms with Crippen LogP contribution in [0, 0.1) is 3.57 Å². The molecule has 5 nitrogen and oxygen atoms in total. The lowest BCUT2D eigenvalue weighted by Gasteiger charge is -2.36. The van der Waals surface area contributed by atoms with E-state index in [1.165, 1.54) is 11.3 Å². The van der Waals surface area contributed by atoms with E-state index in [-0.39, 0.29) is 11.0 Å². The van der Waals surface area contributed by atoms with E-state index in [0.717, 1.165) is 42.0 Å². The minimum Gasteiger partial charge on any atom is -0.369 e. The molecule has 0 bridgehead atoms. The average molecular weight is 556 g/mol. The quantitative estimate of drug-likeness (QED) is 0.352. The van der Waals surface area contributed by atoms with Crippen LogP contribution in [0.2, 0.25) is 0 Å². The van der Waals surface area contributed by atoms with Crippen LogP contribution in [0.15, 0.2) is 78.9 Å². The fraction of sp³-hybridized carbons (Fsp3) is 0.200. The first kappa shape index (κ1) is 22.7. The number of nitrogens with zero attached hydrogens (tertiary/aromatic N) is 2. The van der Waals surface area contributed by atoms with Gasteiger partial charge in [0.05, 0.1) is 5.56 Å². The van der Waals surface area contributed by atoms with Crippen LogP contribution in [0.5, 0.6) is 0 Å². The molecule has 1 aliphatic heterocycles. The summed E-state index contributed by atoms with van der Waals surface area (Å²) in [6.45, 7) is 5.10. The summed E-state index contributed by atoms with van der Waals surface area (Å²) in [6.07, 6.45) is 0. The Morgan fingerprint density at radius 2 is 1.53 bits per heavy atom. The molecule has 4 rings (SSSR count). The fourth-order valence-electron chi connectivity index (χ4n) is 3.74. The largest absolute Gasteiger partial charge is 0.369 e. The number of hydrogen-bond donors (Lipinski definition) is 2. The number of nitrogens with one attached hydrogen (secondary N) is 2. The molecule has 2 N–H and O–H groups in total. The molecular weight excluding hydrogens is 531 g/mol. The van der Waals surface area contributed by atoms with Crippen molar-refractivity contribution in [1.29, 1.82) is 0 Å². The number of piperazine rings is 1. The number of hydrogen-bond acceptors (Lipinski definition) is 4. The molecule has 3 aromatic rings. The first-order valence-electron chi connectivity index (χ1n) is 10.6. The molecule has 0 aliphatic carbocycles. The lowest BCUT2D eigenvalue weighted by Crippen LogP contribution is -2.45. The Morgan fingerprint density at radius 3 is 2.22 bits per heavy atom. The van der Waals surface area contributed by atoms with E-state index in [9.17, 15) is 4.79 Å². The fourth-order valence-corrected chi connectivity index (χ4v) is 4.58. The van der Waals surface area contributed by atoms with E-state index in [4.69, 9.17) is 12.2 Å². The molecule has 7 heteroatoms. The monoisotopic (exact) mass is 556 g/mol. The second kappa shape index (κ2) is 10.9. The van der Waals surface area contributed by atoms with Crippen molar-refractivity contribution in [3.63, 3.8) is 0 Å². The third-order valence-corrected chi connectivity index (χ3v) is 6.60. The van der Waals surface area contributed by atoms with Crippen molar-refractivity contribution in [2.24, 2.45) is 0 Å². The Labute approximate surface area is 207 Å². The van der Waals surface area contributed by atoms with E-state index < -0.39 is 0 Å². The van der Waals surface area contributed by atoms with Gasteiger partial charge >= 0.3 is 0 Å². The van der Waals surface area contributed by atoms with Gasteiger partial charge in [0, 0.05) is 47.7 Å². The molecular formula is C25H25IN4OS. The van der Waals surface area contributed by atoms with E-state index in [2.05, 4.69) is 85.5 Å². The molecule has 1 fully saturated rings. The summed E-state index contributed by atoms with van der Waals surface area (Å²) in [6, 6.07) is 26.2. The first-order valence-corrected chi connectivity index (χ1v) is 12.1. The van der Waals surface area contributed by atoms with Crippen LogP contribution >= 0.6 is 34.8 Å². The highest BCUT2D eigenvalue weighted by Crippen LogP contribution is 2.20. The zero-order valence-electron chi connectivity index (χ0n) is 17.6. The Balaban J connectivity index is 1.26. The summed E-state index contributed by atoms with van der Waals surface area (Å²) in [5.74, 6) is -0.211. The number of rotatable bonds is 5. The van der Waals surface area contributed by atoms with Gasteiger partial charge in [-0.2, -0.15) is 0 Å². The number of amides is 1. The van der Waals surface area contributed by atoms with Crippen molar-refractivity contribution in [2.75, 3.05) is 36.4 Å². The Morgan fingerprint density at radius 1 is 0.875 bits per heavy atom. The van der Waals surface area contributed by atoms with Gasteiger partial charge in [-0.15, -0.1) is 0 Å². The molecule has 0 spiro atoms. The number of carbonyl (C=O) groups is 1. The van der Waals surface area contributed by atoms with Crippen molar-refractivity contribution in [2.45, 2.75) is 6.54 Å². The molecule has 1 heterocycles. The van der Waals surface area contributed by atoms with Crippen LogP contribution in [-0.2, 0) is 6.54 Å². The van der Waals surface area contributed by atoms with Crippen molar-refractivity contribution in [1.82, 2.24) is 10.2 Å². The SMILES string of the molecule is O=C(NC(=S)Nc1ccc(N2CCN(Cc3ccccc3)CC2)cc1)c1ccccc1I. The smallest absolute Gasteiger partial charge is 0.258 e. The van der Waals surface area contributed by atoms with Gasteiger partial charge in [-0.25, -0.2) is 0 Å². The van der Waals surface area contributed by atoms with Crippen LogP contribution in [-0.4, -0.2) is 42.1 Å². The maximum absolute atomic E-state index is 12.4. The van der Waals surface area contributed by atoms with E-state index in [0.29, 0.717) is 5.56 Å². The van der Waals surface area contributed by atoms with Gasteiger partial charge in [-0.1, -0.05) is 42.5 Å². The summed E-state index contributed by atoms with van der Waals surface area (Å²) in [5, 5.41) is 6.13. The van der Waals surface area contributed by atoms with Crippen LogP contribution < -0.4 is 15.5 Å². The van der Waals surface area contributed by atoms with Gasteiger partial charge < -0.3 is 10.2 Å². The first-order chi connectivity index (χ1) is 15.6. The molecule has 32 heavy (non-hydrogen) atoms. The molecule has 1 amide bonds. The van der Waals surface area contributed by atoms with Gasteiger partial charge in [0.1, 0.15) is 0 Å². The molecule has 0 unspecified atom stereocenters.